The van der Waals surface area contributed by atoms with E-state index >= 15 is 0 Å². The van der Waals surface area contributed by atoms with Crippen LogP contribution in [-0.2, 0) is 4.79 Å². The molecule has 0 aromatic heterocycles. The Morgan fingerprint density at radius 1 is 1.60 bits per heavy atom. The molecular weight excluding hydrogens is 162 g/mol. The first-order valence-corrected chi connectivity index (χ1v) is 3.84. The van der Waals surface area contributed by atoms with Crippen LogP contribution in [0.25, 0.3) is 0 Å². The molecule has 0 aliphatic carbocycles. The molecule has 0 saturated carbocycles. The van der Waals surface area contributed by atoms with Gasteiger partial charge in [0.1, 0.15) is 5.41 Å². The topological polar surface area (TPSA) is 37.3 Å². The van der Waals surface area contributed by atoms with Crippen LogP contribution in [0.15, 0.2) is 0 Å². The second kappa shape index (κ2) is 2.38. The Balaban J connectivity index is 2.68. The summed E-state index contributed by atoms with van der Waals surface area (Å²) in [6.45, 7) is 0. The number of carboxylic acid groups (broad SMARTS) is 1. The minimum atomic E-state index is -2.73. The van der Waals surface area contributed by atoms with Gasteiger partial charge in [-0.2, -0.15) is 11.8 Å². The summed E-state index contributed by atoms with van der Waals surface area (Å²) in [5, 5.41) is 8.36. The molecular formula is C5H6F2O2S. The predicted molar refractivity (Wildman–Crippen MR) is 33.4 cm³/mol. The number of halogens is 2. The van der Waals surface area contributed by atoms with Gasteiger partial charge in [-0.3, -0.25) is 4.79 Å². The van der Waals surface area contributed by atoms with Gasteiger partial charge in [-0.1, -0.05) is 0 Å². The zero-order chi connectivity index (χ0) is 7.78. The van der Waals surface area contributed by atoms with Crippen molar-refractivity contribution in [1.29, 1.82) is 0 Å². The molecule has 0 spiro atoms. The number of carbonyl (C=O) groups is 1. The molecule has 0 aromatic rings. The molecule has 1 aliphatic rings. The number of carboxylic acids is 1. The van der Waals surface area contributed by atoms with E-state index in [2.05, 4.69) is 0 Å². The molecule has 1 heterocycles. The number of alkyl halides is 2. The molecule has 0 bridgehead atoms. The van der Waals surface area contributed by atoms with Crippen LogP contribution in [0.3, 0.4) is 0 Å². The van der Waals surface area contributed by atoms with Gasteiger partial charge >= 0.3 is 5.97 Å². The molecule has 1 saturated heterocycles. The van der Waals surface area contributed by atoms with E-state index in [1.807, 2.05) is 0 Å². The Labute approximate surface area is 60.6 Å². The number of thioether (sulfide) groups is 1. The monoisotopic (exact) mass is 168 g/mol. The van der Waals surface area contributed by atoms with Gasteiger partial charge in [-0.25, -0.2) is 8.78 Å². The van der Waals surface area contributed by atoms with Gasteiger partial charge in [0.15, 0.2) is 0 Å². The molecule has 0 radical (unpaired) electrons. The lowest BCUT2D eigenvalue weighted by molar-refractivity contribution is -0.155. The summed E-state index contributed by atoms with van der Waals surface area (Å²) in [4.78, 5) is 10.3. The SMILES string of the molecule is O=C(O)C1(C(F)F)CSC1. The summed E-state index contributed by atoms with van der Waals surface area (Å²) >= 11 is 1.24. The first kappa shape index (κ1) is 7.78. The highest BCUT2D eigenvalue weighted by Gasteiger charge is 2.53. The van der Waals surface area contributed by atoms with Crippen LogP contribution in [0.5, 0.6) is 0 Å². The number of aliphatic carboxylic acids is 1. The summed E-state index contributed by atoms with van der Waals surface area (Å²) < 4.78 is 24.0. The maximum absolute atomic E-state index is 12.0. The zero-order valence-electron chi connectivity index (χ0n) is 5.01. The van der Waals surface area contributed by atoms with Crippen LogP contribution in [0.1, 0.15) is 0 Å². The minimum Gasteiger partial charge on any atom is -0.481 e. The van der Waals surface area contributed by atoms with Gasteiger partial charge in [0.25, 0.3) is 6.43 Å². The van der Waals surface area contributed by atoms with Crippen molar-refractivity contribution in [2.24, 2.45) is 5.41 Å². The van der Waals surface area contributed by atoms with Crippen molar-refractivity contribution in [2.45, 2.75) is 6.43 Å². The smallest absolute Gasteiger partial charge is 0.317 e. The molecule has 0 unspecified atom stereocenters. The molecule has 1 N–H and O–H groups in total. The van der Waals surface area contributed by atoms with Crippen LogP contribution >= 0.6 is 11.8 Å². The molecule has 0 amide bonds. The van der Waals surface area contributed by atoms with E-state index in [1.165, 1.54) is 11.8 Å². The third kappa shape index (κ3) is 0.885. The number of hydrogen-bond donors (Lipinski definition) is 1. The molecule has 2 nitrogen and oxygen atoms in total. The Morgan fingerprint density at radius 3 is 2.10 bits per heavy atom. The maximum atomic E-state index is 12.0. The van der Waals surface area contributed by atoms with Gasteiger partial charge in [-0.05, 0) is 0 Å². The first-order valence-electron chi connectivity index (χ1n) is 2.69. The van der Waals surface area contributed by atoms with Crippen LogP contribution in [0.4, 0.5) is 8.78 Å². The highest BCUT2D eigenvalue weighted by atomic mass is 32.2. The van der Waals surface area contributed by atoms with Gasteiger partial charge in [0, 0.05) is 11.5 Å². The molecule has 1 fully saturated rings. The van der Waals surface area contributed by atoms with Gasteiger partial charge in [0.05, 0.1) is 0 Å². The summed E-state index contributed by atoms with van der Waals surface area (Å²) in [5.41, 5.74) is -1.73. The van der Waals surface area contributed by atoms with Crippen molar-refractivity contribution in [2.75, 3.05) is 11.5 Å². The second-order valence-corrected chi connectivity index (χ2v) is 3.24. The molecule has 5 heteroatoms. The number of rotatable bonds is 2. The standard InChI is InChI=1S/C5H6F2O2S/c6-3(7)5(4(8)9)1-10-2-5/h3H,1-2H2,(H,8,9). The third-order valence-corrected chi connectivity index (χ3v) is 3.00. The Morgan fingerprint density at radius 2 is 2.10 bits per heavy atom. The van der Waals surface area contributed by atoms with Crippen molar-refractivity contribution in [1.82, 2.24) is 0 Å². The Hall–Kier alpha value is -0.320. The summed E-state index contributed by atoms with van der Waals surface area (Å²) in [6, 6.07) is 0. The fourth-order valence-corrected chi connectivity index (χ4v) is 1.81. The highest BCUT2D eigenvalue weighted by molar-refractivity contribution is 8.00. The van der Waals surface area contributed by atoms with Crippen LogP contribution < -0.4 is 0 Å². The predicted octanol–water partition coefficient (Wildman–Crippen LogP) is 1.07. The average Bonchev–Trinajstić information content (AvgIpc) is 1.57. The first-order chi connectivity index (χ1) is 4.59. The van der Waals surface area contributed by atoms with E-state index in [9.17, 15) is 13.6 Å². The van der Waals surface area contributed by atoms with Gasteiger partial charge in [0.2, 0.25) is 0 Å². The van der Waals surface area contributed by atoms with Crippen molar-refractivity contribution in [3.63, 3.8) is 0 Å². The fourth-order valence-electron chi connectivity index (χ4n) is 0.665. The van der Waals surface area contributed by atoms with E-state index in [1.54, 1.807) is 0 Å². The summed E-state index contributed by atoms with van der Waals surface area (Å²) in [5.74, 6) is -1.29. The fraction of sp³-hybridized carbons (Fsp3) is 0.800. The average molecular weight is 168 g/mol. The quantitative estimate of drug-likeness (QED) is 0.670. The van der Waals surface area contributed by atoms with Gasteiger partial charge in [-0.15, -0.1) is 0 Å². The largest absolute Gasteiger partial charge is 0.481 e. The Kier molecular flexibility index (Phi) is 1.85. The van der Waals surface area contributed by atoms with Crippen LogP contribution in [0, 0.1) is 5.41 Å². The molecule has 1 rings (SSSR count). The molecule has 1 aliphatic heterocycles. The van der Waals surface area contributed by atoms with E-state index in [-0.39, 0.29) is 11.5 Å². The lowest BCUT2D eigenvalue weighted by atomic mass is 9.93. The number of hydrogen-bond acceptors (Lipinski definition) is 2. The van der Waals surface area contributed by atoms with E-state index in [4.69, 9.17) is 5.11 Å². The van der Waals surface area contributed by atoms with E-state index in [0.717, 1.165) is 0 Å². The van der Waals surface area contributed by atoms with Crippen molar-refractivity contribution in [3.8, 4) is 0 Å². The van der Waals surface area contributed by atoms with Crippen molar-refractivity contribution in [3.05, 3.63) is 0 Å². The molecule has 58 valence electrons. The Bertz CT molecular complexity index is 156. The maximum Gasteiger partial charge on any atom is 0.317 e. The van der Waals surface area contributed by atoms with Crippen LogP contribution in [0.2, 0.25) is 0 Å². The van der Waals surface area contributed by atoms with E-state index < -0.39 is 17.8 Å². The lowest BCUT2D eigenvalue weighted by Gasteiger charge is -2.35. The van der Waals surface area contributed by atoms with Crippen LogP contribution in [-0.4, -0.2) is 29.0 Å². The molecule has 0 atom stereocenters. The zero-order valence-corrected chi connectivity index (χ0v) is 5.83. The van der Waals surface area contributed by atoms with Gasteiger partial charge < -0.3 is 5.11 Å². The molecule has 0 aromatic carbocycles. The normalized spacial score (nSPS) is 22.3. The summed E-state index contributed by atoms with van der Waals surface area (Å²) in [7, 11) is 0. The second-order valence-electron chi connectivity index (χ2n) is 2.25. The highest BCUT2D eigenvalue weighted by Crippen LogP contribution is 2.43. The van der Waals surface area contributed by atoms with Crippen molar-refractivity contribution < 1.29 is 18.7 Å². The third-order valence-electron chi connectivity index (χ3n) is 1.56. The summed E-state index contributed by atoms with van der Waals surface area (Å²) in [6.07, 6.45) is -2.73. The van der Waals surface area contributed by atoms with Crippen molar-refractivity contribution >= 4 is 17.7 Å². The lowest BCUT2D eigenvalue weighted by Crippen LogP contribution is -2.49. The minimum absolute atomic E-state index is 0.0417. The van der Waals surface area contributed by atoms with E-state index in [0.29, 0.717) is 0 Å². The molecule has 10 heavy (non-hydrogen) atoms.